The molecule has 0 aromatic heterocycles. The summed E-state index contributed by atoms with van der Waals surface area (Å²) in [5.41, 5.74) is 0.718. The van der Waals surface area contributed by atoms with Crippen LogP contribution >= 0.6 is 23.4 Å². The van der Waals surface area contributed by atoms with Gasteiger partial charge in [0.05, 0.1) is 29.5 Å². The van der Waals surface area contributed by atoms with Gasteiger partial charge in [-0.1, -0.05) is 41.9 Å². The van der Waals surface area contributed by atoms with Crippen molar-refractivity contribution in [2.75, 3.05) is 17.7 Å². The van der Waals surface area contributed by atoms with Gasteiger partial charge >= 0.3 is 11.9 Å². The third-order valence-corrected chi connectivity index (χ3v) is 7.37. The Morgan fingerprint density at radius 1 is 0.805 bits per heavy atom. The third-order valence-electron chi connectivity index (χ3n) is 5.87. The molecule has 0 radical (unpaired) electrons. The Morgan fingerprint density at radius 3 is 2.15 bits per heavy atom. The molecule has 0 aliphatic rings. The molecule has 0 fully saturated rings. The number of carboxylic acid groups (broad SMARTS) is 2. The van der Waals surface area contributed by atoms with Crippen LogP contribution < -0.4 is 15.4 Å². The van der Waals surface area contributed by atoms with Gasteiger partial charge in [-0.2, -0.15) is 0 Å². The number of thioether (sulfide) groups is 1. The van der Waals surface area contributed by atoms with Gasteiger partial charge in [0, 0.05) is 15.6 Å². The number of carbonyl (C=O) groups excluding carboxylic acids is 2. The molecule has 41 heavy (non-hydrogen) atoms. The molecule has 0 bridgehead atoms. The highest BCUT2D eigenvalue weighted by Gasteiger charge is 2.24. The molecule has 11 heteroatoms. The lowest BCUT2D eigenvalue weighted by Crippen LogP contribution is -2.19. The lowest BCUT2D eigenvalue weighted by Gasteiger charge is -2.18. The number of carbonyl (C=O) groups is 4. The molecule has 0 aliphatic carbocycles. The Labute approximate surface area is 244 Å². The van der Waals surface area contributed by atoms with E-state index in [0.29, 0.717) is 22.1 Å². The second-order valence-corrected chi connectivity index (χ2v) is 10.2. The topological polar surface area (TPSA) is 142 Å². The van der Waals surface area contributed by atoms with E-state index in [9.17, 15) is 24.3 Å². The molecule has 208 valence electrons. The van der Waals surface area contributed by atoms with Crippen LogP contribution in [0.5, 0.6) is 5.75 Å². The number of halogens is 1. The molecule has 0 saturated heterocycles. The molecule has 4 N–H and O–H groups in total. The van der Waals surface area contributed by atoms with Crippen LogP contribution in [0.1, 0.15) is 41.9 Å². The molecular weight excluding hydrogens is 568 g/mol. The Balaban J connectivity index is 1.53. The van der Waals surface area contributed by atoms with E-state index in [4.69, 9.17) is 21.4 Å². The van der Waals surface area contributed by atoms with E-state index in [-0.39, 0.29) is 17.0 Å². The maximum absolute atomic E-state index is 13.4. The number of carboxylic acids is 2. The second-order valence-electron chi connectivity index (χ2n) is 8.59. The van der Waals surface area contributed by atoms with Gasteiger partial charge in [0.15, 0.2) is 0 Å². The van der Waals surface area contributed by atoms with Crippen molar-refractivity contribution < 1.29 is 34.1 Å². The summed E-state index contributed by atoms with van der Waals surface area (Å²) < 4.78 is 5.35. The van der Waals surface area contributed by atoms with Crippen molar-refractivity contribution in [3.63, 3.8) is 0 Å². The van der Waals surface area contributed by atoms with Gasteiger partial charge in [-0.05, 0) is 66.2 Å². The molecule has 4 aromatic carbocycles. The first-order valence-electron chi connectivity index (χ1n) is 12.0. The van der Waals surface area contributed by atoms with Crippen molar-refractivity contribution in [2.24, 2.45) is 0 Å². The molecule has 1 atom stereocenters. The van der Waals surface area contributed by atoms with E-state index in [2.05, 4.69) is 10.6 Å². The summed E-state index contributed by atoms with van der Waals surface area (Å²) in [6, 6.07) is 24.1. The fraction of sp³-hybridized carbons (Fsp3) is 0.0667. The molecule has 4 rings (SSSR count). The summed E-state index contributed by atoms with van der Waals surface area (Å²) >= 11 is 7.41. The van der Waals surface area contributed by atoms with Gasteiger partial charge in [-0.3, -0.25) is 9.59 Å². The van der Waals surface area contributed by atoms with Crippen molar-refractivity contribution in [3.8, 4) is 5.75 Å². The summed E-state index contributed by atoms with van der Waals surface area (Å²) in [4.78, 5) is 49.8. The number of hydrogen-bond acceptors (Lipinski definition) is 6. The molecule has 0 saturated carbocycles. The quantitative estimate of drug-likeness (QED) is 0.154. The first kappa shape index (κ1) is 29.2. The third kappa shape index (κ3) is 7.24. The number of benzene rings is 4. The Morgan fingerprint density at radius 2 is 1.51 bits per heavy atom. The van der Waals surface area contributed by atoms with Gasteiger partial charge in [-0.25, -0.2) is 9.59 Å². The summed E-state index contributed by atoms with van der Waals surface area (Å²) in [6.07, 6.45) is 0. The fourth-order valence-electron chi connectivity index (χ4n) is 3.88. The predicted octanol–water partition coefficient (Wildman–Crippen LogP) is 6.47. The molecule has 1 unspecified atom stereocenters. The summed E-state index contributed by atoms with van der Waals surface area (Å²) in [5.74, 6) is -3.28. The molecule has 0 spiro atoms. The average Bonchev–Trinajstić information content (AvgIpc) is 2.96. The zero-order chi connectivity index (χ0) is 29.5. The predicted molar refractivity (Wildman–Crippen MR) is 156 cm³/mol. The number of anilines is 2. The Bertz CT molecular complexity index is 1610. The molecule has 0 heterocycles. The van der Waals surface area contributed by atoms with Gasteiger partial charge in [0.2, 0.25) is 5.91 Å². The standard InChI is InChI=1S/C30H23ClN2O7S/c1-40-25-14-8-19(31)16-24(25)33-28(35)26(17-5-3-2-4-6-17)41-21-11-9-20(10-12-21)32-27(34)22-13-7-18(29(36)37)15-23(22)30(38)39/h2-16,26H,1H3,(H,32,34)(H,33,35)(H,36,37)(H,38,39). The molecular formula is C30H23ClN2O7S. The van der Waals surface area contributed by atoms with Crippen molar-refractivity contribution >= 4 is 58.5 Å². The first-order chi connectivity index (χ1) is 19.7. The number of amides is 2. The highest BCUT2D eigenvalue weighted by atomic mass is 35.5. The minimum Gasteiger partial charge on any atom is -0.495 e. The zero-order valence-electron chi connectivity index (χ0n) is 21.5. The largest absolute Gasteiger partial charge is 0.495 e. The number of methoxy groups -OCH3 is 1. The smallest absolute Gasteiger partial charge is 0.336 e. The highest BCUT2D eigenvalue weighted by molar-refractivity contribution is 8.00. The van der Waals surface area contributed by atoms with Gasteiger partial charge in [-0.15, -0.1) is 11.8 Å². The van der Waals surface area contributed by atoms with Gasteiger partial charge < -0.3 is 25.6 Å². The number of rotatable bonds is 10. The lowest BCUT2D eigenvalue weighted by molar-refractivity contribution is -0.115. The van der Waals surface area contributed by atoms with Crippen molar-refractivity contribution in [3.05, 3.63) is 118 Å². The van der Waals surface area contributed by atoms with Crippen LogP contribution in [-0.4, -0.2) is 41.1 Å². The van der Waals surface area contributed by atoms with E-state index in [1.165, 1.54) is 18.9 Å². The number of nitrogens with one attached hydrogen (secondary N) is 2. The van der Waals surface area contributed by atoms with Crippen LogP contribution in [0.3, 0.4) is 0 Å². The Kier molecular flexibility index (Phi) is 9.28. The molecule has 2 amide bonds. The van der Waals surface area contributed by atoms with E-state index in [0.717, 1.165) is 28.7 Å². The monoisotopic (exact) mass is 590 g/mol. The van der Waals surface area contributed by atoms with Crippen LogP contribution in [0.2, 0.25) is 5.02 Å². The molecule has 0 aliphatic heterocycles. The van der Waals surface area contributed by atoms with Gasteiger partial charge in [0.25, 0.3) is 5.91 Å². The summed E-state index contributed by atoms with van der Waals surface area (Å²) in [5, 5.41) is 23.9. The normalized spacial score (nSPS) is 11.3. The van der Waals surface area contributed by atoms with Crippen molar-refractivity contribution in [2.45, 2.75) is 10.1 Å². The minimum atomic E-state index is -1.43. The highest BCUT2D eigenvalue weighted by Crippen LogP contribution is 2.38. The second kappa shape index (κ2) is 13.0. The Hall–Kier alpha value is -4.80. The van der Waals surface area contributed by atoms with E-state index >= 15 is 0 Å². The number of aromatic carboxylic acids is 2. The number of ether oxygens (including phenoxy) is 1. The zero-order valence-corrected chi connectivity index (χ0v) is 23.0. The first-order valence-corrected chi connectivity index (χ1v) is 13.3. The number of hydrogen-bond donors (Lipinski definition) is 4. The molecule has 9 nitrogen and oxygen atoms in total. The van der Waals surface area contributed by atoms with Crippen LogP contribution in [0.4, 0.5) is 11.4 Å². The van der Waals surface area contributed by atoms with Gasteiger partial charge in [0.1, 0.15) is 11.0 Å². The molecule has 4 aromatic rings. The van der Waals surface area contributed by atoms with Crippen molar-refractivity contribution in [1.82, 2.24) is 0 Å². The summed E-state index contributed by atoms with van der Waals surface area (Å²) in [6.45, 7) is 0. The van der Waals surface area contributed by atoms with Crippen molar-refractivity contribution in [1.29, 1.82) is 0 Å². The van der Waals surface area contributed by atoms with E-state index < -0.39 is 28.7 Å². The van der Waals surface area contributed by atoms with E-state index in [1.54, 1.807) is 42.5 Å². The fourth-order valence-corrected chi connectivity index (χ4v) is 5.08. The summed E-state index contributed by atoms with van der Waals surface area (Å²) in [7, 11) is 1.50. The lowest BCUT2D eigenvalue weighted by atomic mass is 10.0. The van der Waals surface area contributed by atoms with Crippen LogP contribution in [0.25, 0.3) is 0 Å². The van der Waals surface area contributed by atoms with Crippen LogP contribution in [0.15, 0.2) is 95.9 Å². The van der Waals surface area contributed by atoms with E-state index in [1.807, 2.05) is 30.3 Å². The maximum Gasteiger partial charge on any atom is 0.336 e. The maximum atomic E-state index is 13.4. The SMILES string of the molecule is COc1ccc(Cl)cc1NC(=O)C(Sc1ccc(NC(=O)c2ccc(C(=O)O)cc2C(=O)O)cc1)c1ccccc1. The average molecular weight is 591 g/mol. The van der Waals surface area contributed by atoms with Crippen LogP contribution in [0, 0.1) is 0 Å². The minimum absolute atomic E-state index is 0.182. The van der Waals surface area contributed by atoms with Crippen LogP contribution in [-0.2, 0) is 4.79 Å².